The van der Waals surface area contributed by atoms with Crippen LogP contribution < -0.4 is 0 Å². The van der Waals surface area contributed by atoms with E-state index >= 15 is 0 Å². The van der Waals surface area contributed by atoms with Crippen molar-refractivity contribution in [3.8, 4) is 0 Å². The quantitative estimate of drug-likeness (QED) is 0.715. The van der Waals surface area contributed by atoms with Crippen molar-refractivity contribution in [1.29, 1.82) is 0 Å². The number of furan rings is 1. The molecule has 0 aliphatic rings. The van der Waals surface area contributed by atoms with Gasteiger partial charge in [0.15, 0.2) is 0 Å². The number of hydrogen-bond acceptors (Lipinski definition) is 2. The summed E-state index contributed by atoms with van der Waals surface area (Å²) in [5.74, 6) is 0. The Morgan fingerprint density at radius 2 is 2.15 bits per heavy atom. The predicted octanol–water partition coefficient (Wildman–Crippen LogP) is 2.78. The van der Waals surface area contributed by atoms with Crippen molar-refractivity contribution in [2.24, 2.45) is 0 Å². The fourth-order valence-electron chi connectivity index (χ4n) is 1.33. The highest BCUT2D eigenvalue weighted by Crippen LogP contribution is 2.20. The second-order valence-electron chi connectivity index (χ2n) is 2.81. The van der Waals surface area contributed by atoms with Crippen molar-refractivity contribution < 1.29 is 9.15 Å². The number of rotatable bonds is 3. The number of benzene rings is 1. The van der Waals surface area contributed by atoms with Crippen LogP contribution in [0, 0.1) is 6.92 Å². The van der Waals surface area contributed by atoms with E-state index in [4.69, 9.17) is 9.15 Å². The number of para-hydroxylation sites is 1. The van der Waals surface area contributed by atoms with E-state index in [-0.39, 0.29) is 0 Å². The van der Waals surface area contributed by atoms with Gasteiger partial charge in [-0.1, -0.05) is 18.2 Å². The van der Waals surface area contributed by atoms with E-state index in [1.54, 1.807) is 6.26 Å². The molecule has 1 aromatic heterocycles. The molecule has 0 unspecified atom stereocenters. The lowest BCUT2D eigenvalue weighted by atomic mass is 10.2. The van der Waals surface area contributed by atoms with Crippen molar-refractivity contribution in [2.75, 3.05) is 6.61 Å². The van der Waals surface area contributed by atoms with Crippen LogP contribution in [0.15, 0.2) is 34.9 Å². The van der Waals surface area contributed by atoms with Gasteiger partial charge in [-0.05, 0) is 13.0 Å². The molecular formula is C11H11O2. The summed E-state index contributed by atoms with van der Waals surface area (Å²) in [5.41, 5.74) is 1.99. The first kappa shape index (κ1) is 8.32. The maximum Gasteiger partial charge on any atom is 0.134 e. The summed E-state index contributed by atoms with van der Waals surface area (Å²) in [6.45, 7) is 4.67. The van der Waals surface area contributed by atoms with E-state index in [2.05, 4.69) is 6.92 Å². The average molecular weight is 175 g/mol. The van der Waals surface area contributed by atoms with Gasteiger partial charge in [0.25, 0.3) is 0 Å². The van der Waals surface area contributed by atoms with Gasteiger partial charge in [0.05, 0.1) is 12.9 Å². The topological polar surface area (TPSA) is 22.4 Å². The summed E-state index contributed by atoms with van der Waals surface area (Å²) < 4.78 is 10.6. The van der Waals surface area contributed by atoms with Gasteiger partial charge >= 0.3 is 0 Å². The van der Waals surface area contributed by atoms with Gasteiger partial charge in [-0.25, -0.2) is 0 Å². The standard InChI is InChI=1S/C11H11O2/c1-2-12-7-9-8-13-11-6-4-3-5-10(9)11/h3-6,8H,1-2,7H2. The first-order valence-electron chi connectivity index (χ1n) is 4.24. The molecule has 0 saturated heterocycles. The molecule has 2 heteroatoms. The van der Waals surface area contributed by atoms with E-state index in [9.17, 15) is 0 Å². The molecule has 0 fully saturated rings. The van der Waals surface area contributed by atoms with Gasteiger partial charge in [0.2, 0.25) is 0 Å². The van der Waals surface area contributed by atoms with E-state index in [0.29, 0.717) is 13.2 Å². The maximum atomic E-state index is 5.35. The summed E-state index contributed by atoms with van der Waals surface area (Å²) in [6, 6.07) is 7.92. The highest BCUT2D eigenvalue weighted by molar-refractivity contribution is 5.80. The number of ether oxygens (including phenoxy) is 1. The van der Waals surface area contributed by atoms with Gasteiger partial charge in [-0.2, -0.15) is 0 Å². The normalized spacial score (nSPS) is 10.8. The summed E-state index contributed by atoms with van der Waals surface area (Å²) >= 11 is 0. The summed E-state index contributed by atoms with van der Waals surface area (Å²) in [4.78, 5) is 0. The van der Waals surface area contributed by atoms with E-state index in [1.807, 2.05) is 24.3 Å². The van der Waals surface area contributed by atoms with Crippen molar-refractivity contribution in [3.63, 3.8) is 0 Å². The van der Waals surface area contributed by atoms with Crippen LogP contribution in [0.1, 0.15) is 5.56 Å². The lowest BCUT2D eigenvalue weighted by Gasteiger charge is -1.96. The SMILES string of the molecule is [CH2]COCc1coc2ccccc12. The molecule has 0 amide bonds. The van der Waals surface area contributed by atoms with Crippen molar-refractivity contribution in [1.82, 2.24) is 0 Å². The third-order valence-corrected chi connectivity index (χ3v) is 1.96. The molecule has 0 aliphatic carbocycles. The molecule has 1 radical (unpaired) electrons. The zero-order valence-electron chi connectivity index (χ0n) is 7.32. The maximum absolute atomic E-state index is 5.35. The Balaban J connectivity index is 2.35. The molecule has 2 rings (SSSR count). The number of hydrogen-bond donors (Lipinski definition) is 0. The molecular weight excluding hydrogens is 164 g/mol. The fraction of sp³-hybridized carbons (Fsp3) is 0.182. The molecule has 0 bridgehead atoms. The molecule has 0 saturated carbocycles. The zero-order chi connectivity index (χ0) is 9.10. The van der Waals surface area contributed by atoms with Gasteiger partial charge in [-0.15, -0.1) is 0 Å². The van der Waals surface area contributed by atoms with Crippen LogP contribution in [0.5, 0.6) is 0 Å². The molecule has 67 valence electrons. The summed E-state index contributed by atoms with van der Waals surface area (Å²) in [5, 5.41) is 1.12. The molecule has 0 aliphatic heterocycles. The van der Waals surface area contributed by atoms with Crippen LogP contribution in [-0.2, 0) is 11.3 Å². The molecule has 13 heavy (non-hydrogen) atoms. The second-order valence-corrected chi connectivity index (χ2v) is 2.81. The smallest absolute Gasteiger partial charge is 0.134 e. The monoisotopic (exact) mass is 175 g/mol. The van der Waals surface area contributed by atoms with Crippen LogP contribution in [0.4, 0.5) is 0 Å². The second kappa shape index (κ2) is 3.62. The molecule has 2 aromatic rings. The Morgan fingerprint density at radius 1 is 1.31 bits per heavy atom. The van der Waals surface area contributed by atoms with Gasteiger partial charge in [-0.3, -0.25) is 0 Å². The van der Waals surface area contributed by atoms with Gasteiger partial charge in [0.1, 0.15) is 5.58 Å². The first-order chi connectivity index (χ1) is 6.42. The molecule has 1 aromatic carbocycles. The van der Waals surface area contributed by atoms with Crippen LogP contribution in [0.25, 0.3) is 11.0 Å². The predicted molar refractivity (Wildman–Crippen MR) is 51.2 cm³/mol. The van der Waals surface area contributed by atoms with Gasteiger partial charge < -0.3 is 9.15 Å². The molecule has 0 atom stereocenters. The lowest BCUT2D eigenvalue weighted by Crippen LogP contribution is -1.89. The van der Waals surface area contributed by atoms with E-state index in [0.717, 1.165) is 16.5 Å². The lowest BCUT2D eigenvalue weighted by molar-refractivity contribution is 0.147. The minimum Gasteiger partial charge on any atom is -0.464 e. The third-order valence-electron chi connectivity index (χ3n) is 1.96. The summed E-state index contributed by atoms with van der Waals surface area (Å²) in [7, 11) is 0. The van der Waals surface area contributed by atoms with Crippen LogP contribution in [-0.4, -0.2) is 6.61 Å². The van der Waals surface area contributed by atoms with Crippen molar-refractivity contribution in [3.05, 3.63) is 43.0 Å². The Labute approximate surface area is 77.1 Å². The molecule has 1 heterocycles. The molecule has 2 nitrogen and oxygen atoms in total. The highest BCUT2D eigenvalue weighted by Gasteiger charge is 2.03. The minimum absolute atomic E-state index is 0.486. The zero-order valence-corrected chi connectivity index (χ0v) is 7.32. The van der Waals surface area contributed by atoms with Crippen LogP contribution in [0.2, 0.25) is 0 Å². The minimum atomic E-state index is 0.486. The van der Waals surface area contributed by atoms with Crippen molar-refractivity contribution in [2.45, 2.75) is 6.61 Å². The van der Waals surface area contributed by atoms with Gasteiger partial charge in [0, 0.05) is 17.6 Å². The van der Waals surface area contributed by atoms with Crippen LogP contribution >= 0.6 is 0 Å². The molecule has 0 spiro atoms. The Morgan fingerprint density at radius 3 is 3.00 bits per heavy atom. The Kier molecular flexibility index (Phi) is 2.32. The molecule has 0 N–H and O–H groups in total. The summed E-state index contributed by atoms with van der Waals surface area (Å²) in [6.07, 6.45) is 1.74. The Bertz CT molecular complexity index is 390. The van der Waals surface area contributed by atoms with E-state index < -0.39 is 0 Å². The fourth-order valence-corrected chi connectivity index (χ4v) is 1.33. The van der Waals surface area contributed by atoms with E-state index in [1.165, 1.54) is 0 Å². The first-order valence-corrected chi connectivity index (χ1v) is 4.24. The highest BCUT2D eigenvalue weighted by atomic mass is 16.5. The van der Waals surface area contributed by atoms with Crippen molar-refractivity contribution >= 4 is 11.0 Å². The number of fused-ring (bicyclic) bond motifs is 1. The largest absolute Gasteiger partial charge is 0.464 e. The third kappa shape index (κ3) is 1.58. The average Bonchev–Trinajstić information content (AvgIpc) is 2.58. The Hall–Kier alpha value is -1.28. The van der Waals surface area contributed by atoms with Crippen LogP contribution in [0.3, 0.4) is 0 Å².